The minimum atomic E-state index is -0.852. The van der Waals surface area contributed by atoms with Gasteiger partial charge in [-0.3, -0.25) is 4.79 Å². The summed E-state index contributed by atoms with van der Waals surface area (Å²) in [5.41, 5.74) is 0.628. The fourth-order valence-corrected chi connectivity index (χ4v) is 1.15. The van der Waals surface area contributed by atoms with Crippen LogP contribution in [0.2, 0.25) is 5.02 Å². The molecule has 1 rings (SSSR count). The van der Waals surface area contributed by atoms with Crippen molar-refractivity contribution in [2.24, 2.45) is 0 Å². The van der Waals surface area contributed by atoms with Crippen LogP contribution >= 0.6 is 11.6 Å². The summed E-state index contributed by atoms with van der Waals surface area (Å²) in [7, 11) is 0. The van der Waals surface area contributed by atoms with E-state index in [1.54, 1.807) is 31.2 Å². The Hall–Kier alpha value is -1.53. The van der Waals surface area contributed by atoms with Crippen LogP contribution in [-0.2, 0) is 9.53 Å². The Kier molecular flexibility index (Phi) is 4.14. The first-order chi connectivity index (χ1) is 7.17. The maximum Gasteiger partial charge on any atom is 0.307 e. The fraction of sp³-hybridized carbons (Fsp3) is 0.273. The van der Waals surface area contributed by atoms with E-state index in [-0.39, 0.29) is 6.42 Å². The Bertz CT molecular complexity index is 381. The third-order valence-corrected chi connectivity index (χ3v) is 2.08. The van der Waals surface area contributed by atoms with E-state index in [1.807, 2.05) is 6.07 Å². The molecule has 1 aromatic carbocycles. The number of ether oxygens (including phenoxy) is 1. The van der Waals surface area contributed by atoms with Crippen molar-refractivity contribution in [1.29, 1.82) is 5.26 Å². The fourth-order valence-electron chi connectivity index (χ4n) is 1.02. The number of halogens is 1. The minimum absolute atomic E-state index is 0.256. The molecule has 0 amide bonds. The lowest BCUT2D eigenvalue weighted by molar-refractivity contribution is -0.146. The molecule has 0 unspecified atom stereocenters. The molecule has 0 saturated carbocycles. The second kappa shape index (κ2) is 5.38. The monoisotopic (exact) mass is 223 g/mol. The Morgan fingerprint density at radius 2 is 2.13 bits per heavy atom. The lowest BCUT2D eigenvalue weighted by Gasteiger charge is -2.10. The molecule has 78 valence electrons. The molecule has 3 nitrogen and oxygen atoms in total. The van der Waals surface area contributed by atoms with Gasteiger partial charge >= 0.3 is 5.97 Å². The molecule has 0 aliphatic rings. The van der Waals surface area contributed by atoms with Gasteiger partial charge in [0, 0.05) is 17.0 Å². The molecular weight excluding hydrogens is 214 g/mol. The summed E-state index contributed by atoms with van der Waals surface area (Å²) >= 11 is 5.70. The minimum Gasteiger partial charge on any atom is -0.442 e. The summed E-state index contributed by atoms with van der Waals surface area (Å²) < 4.78 is 4.93. The van der Waals surface area contributed by atoms with Gasteiger partial charge in [0.1, 0.15) is 6.07 Å². The number of rotatable bonds is 3. The molecule has 4 heteroatoms. The second-order valence-corrected chi connectivity index (χ2v) is 3.34. The summed E-state index contributed by atoms with van der Waals surface area (Å²) in [4.78, 5) is 11.0. The Balaban J connectivity index is 2.80. The molecule has 0 spiro atoms. The van der Waals surface area contributed by atoms with Gasteiger partial charge in [0.25, 0.3) is 0 Å². The van der Waals surface area contributed by atoms with Crippen molar-refractivity contribution in [3.05, 3.63) is 34.9 Å². The highest BCUT2D eigenvalue weighted by molar-refractivity contribution is 6.30. The van der Waals surface area contributed by atoms with Crippen LogP contribution in [0.25, 0.3) is 0 Å². The SMILES string of the molecule is CCC(=O)O[C@H](C#N)c1ccc(Cl)cc1. The van der Waals surface area contributed by atoms with Gasteiger partial charge in [0.05, 0.1) is 0 Å². The normalized spacial score (nSPS) is 11.5. The highest BCUT2D eigenvalue weighted by Gasteiger charge is 2.14. The van der Waals surface area contributed by atoms with Crippen molar-refractivity contribution in [2.75, 3.05) is 0 Å². The number of nitriles is 1. The third-order valence-electron chi connectivity index (χ3n) is 1.83. The van der Waals surface area contributed by atoms with Crippen LogP contribution in [0.1, 0.15) is 25.0 Å². The Labute approximate surface area is 93.2 Å². The summed E-state index contributed by atoms with van der Waals surface area (Å²) in [6.07, 6.45) is -0.596. The first-order valence-electron chi connectivity index (χ1n) is 4.52. The van der Waals surface area contributed by atoms with E-state index in [1.165, 1.54) is 0 Å². The van der Waals surface area contributed by atoms with Crippen molar-refractivity contribution < 1.29 is 9.53 Å². The molecule has 0 radical (unpaired) electrons. The Morgan fingerprint density at radius 3 is 2.60 bits per heavy atom. The third kappa shape index (κ3) is 3.26. The highest BCUT2D eigenvalue weighted by atomic mass is 35.5. The maximum atomic E-state index is 11.0. The first-order valence-corrected chi connectivity index (χ1v) is 4.89. The van der Waals surface area contributed by atoms with Gasteiger partial charge in [-0.15, -0.1) is 0 Å². The van der Waals surface area contributed by atoms with E-state index in [0.29, 0.717) is 10.6 Å². The average Bonchev–Trinajstić information content (AvgIpc) is 2.27. The summed E-state index contributed by atoms with van der Waals surface area (Å²) in [5.74, 6) is -0.392. The number of hydrogen-bond acceptors (Lipinski definition) is 3. The molecule has 0 aliphatic carbocycles. The zero-order valence-corrected chi connectivity index (χ0v) is 8.99. The number of carbonyl (C=O) groups excluding carboxylic acids is 1. The molecule has 0 N–H and O–H groups in total. The number of carbonyl (C=O) groups is 1. The van der Waals surface area contributed by atoms with Crippen molar-refractivity contribution in [2.45, 2.75) is 19.4 Å². The topological polar surface area (TPSA) is 50.1 Å². The smallest absolute Gasteiger partial charge is 0.307 e. The number of benzene rings is 1. The van der Waals surface area contributed by atoms with Crippen LogP contribution in [0.4, 0.5) is 0 Å². The molecule has 0 fully saturated rings. The van der Waals surface area contributed by atoms with Crippen LogP contribution in [0, 0.1) is 11.3 Å². The van der Waals surface area contributed by atoms with E-state index in [2.05, 4.69) is 0 Å². The summed E-state index contributed by atoms with van der Waals surface area (Å²) in [5, 5.41) is 9.41. The molecular formula is C11H10ClNO2. The largest absolute Gasteiger partial charge is 0.442 e. The van der Waals surface area contributed by atoms with Gasteiger partial charge in [-0.25, -0.2) is 0 Å². The lowest BCUT2D eigenvalue weighted by atomic mass is 10.1. The van der Waals surface area contributed by atoms with Crippen LogP contribution in [0.5, 0.6) is 0 Å². The van der Waals surface area contributed by atoms with E-state index in [4.69, 9.17) is 21.6 Å². The Morgan fingerprint density at radius 1 is 1.53 bits per heavy atom. The molecule has 0 heterocycles. The van der Waals surface area contributed by atoms with E-state index in [0.717, 1.165) is 0 Å². The molecule has 1 aromatic rings. The van der Waals surface area contributed by atoms with Crippen molar-refractivity contribution in [3.63, 3.8) is 0 Å². The van der Waals surface area contributed by atoms with Crippen molar-refractivity contribution in [3.8, 4) is 6.07 Å². The molecule has 0 saturated heterocycles. The quantitative estimate of drug-likeness (QED) is 0.741. The van der Waals surface area contributed by atoms with Crippen LogP contribution in [0.3, 0.4) is 0 Å². The number of esters is 1. The highest BCUT2D eigenvalue weighted by Crippen LogP contribution is 2.19. The van der Waals surface area contributed by atoms with Crippen LogP contribution in [-0.4, -0.2) is 5.97 Å². The van der Waals surface area contributed by atoms with Gasteiger partial charge in [-0.2, -0.15) is 5.26 Å². The van der Waals surface area contributed by atoms with Gasteiger partial charge in [0.2, 0.25) is 6.10 Å². The predicted octanol–water partition coefficient (Wildman–Crippen LogP) is 2.86. The van der Waals surface area contributed by atoms with Gasteiger partial charge in [-0.1, -0.05) is 30.7 Å². The summed E-state index contributed by atoms with van der Waals surface area (Å²) in [6.45, 7) is 1.68. The number of hydrogen-bond donors (Lipinski definition) is 0. The van der Waals surface area contributed by atoms with Gasteiger partial charge in [-0.05, 0) is 12.1 Å². The van der Waals surface area contributed by atoms with E-state index >= 15 is 0 Å². The molecule has 0 aliphatic heterocycles. The predicted molar refractivity (Wildman–Crippen MR) is 56.2 cm³/mol. The van der Waals surface area contributed by atoms with E-state index < -0.39 is 12.1 Å². The van der Waals surface area contributed by atoms with Crippen LogP contribution < -0.4 is 0 Å². The van der Waals surface area contributed by atoms with Crippen LogP contribution in [0.15, 0.2) is 24.3 Å². The average molecular weight is 224 g/mol. The molecule has 15 heavy (non-hydrogen) atoms. The first kappa shape index (κ1) is 11.5. The zero-order valence-electron chi connectivity index (χ0n) is 8.24. The van der Waals surface area contributed by atoms with Crippen molar-refractivity contribution in [1.82, 2.24) is 0 Å². The molecule has 1 atom stereocenters. The standard InChI is InChI=1S/C11H10ClNO2/c1-2-11(14)15-10(7-13)8-3-5-9(12)6-4-8/h3-6,10H,2H2,1H3/t10-/m1/s1. The van der Waals surface area contributed by atoms with Gasteiger partial charge in [0.15, 0.2) is 0 Å². The maximum absolute atomic E-state index is 11.0. The van der Waals surface area contributed by atoms with E-state index in [9.17, 15) is 4.79 Å². The van der Waals surface area contributed by atoms with Crippen molar-refractivity contribution >= 4 is 17.6 Å². The second-order valence-electron chi connectivity index (χ2n) is 2.90. The lowest BCUT2D eigenvalue weighted by Crippen LogP contribution is -2.08. The molecule has 0 bridgehead atoms. The molecule has 0 aromatic heterocycles. The summed E-state index contributed by atoms with van der Waals surface area (Å²) in [6, 6.07) is 8.56. The number of nitrogens with zero attached hydrogens (tertiary/aromatic N) is 1. The zero-order chi connectivity index (χ0) is 11.3. The van der Waals surface area contributed by atoms with Gasteiger partial charge < -0.3 is 4.74 Å².